The molecule has 0 aliphatic carbocycles. The van der Waals surface area contributed by atoms with Crippen molar-refractivity contribution < 1.29 is 4.79 Å². The Morgan fingerprint density at radius 2 is 2.08 bits per heavy atom. The molecule has 0 aliphatic heterocycles. The predicted molar refractivity (Wildman–Crippen MR) is 101 cm³/mol. The zero-order valence-electron chi connectivity index (χ0n) is 13.2. The highest BCUT2D eigenvalue weighted by molar-refractivity contribution is 7.19. The number of carbonyl (C=O) groups excluding carboxylic acids is 1. The summed E-state index contributed by atoms with van der Waals surface area (Å²) in [5.74, 6) is -0.196. The van der Waals surface area contributed by atoms with Gasteiger partial charge in [0.05, 0.1) is 21.2 Å². The molecule has 0 saturated heterocycles. The SMILES string of the molecule is NCCNC(=O)c1cncc(-c2cnc(Nc3ccccc3Cl)s2)c1. The van der Waals surface area contributed by atoms with Crippen LogP contribution in [-0.2, 0) is 0 Å². The second kappa shape index (κ2) is 8.06. The van der Waals surface area contributed by atoms with E-state index in [1.807, 2.05) is 24.3 Å². The van der Waals surface area contributed by atoms with Crippen LogP contribution in [0.1, 0.15) is 10.4 Å². The fourth-order valence-electron chi connectivity index (χ4n) is 2.13. The minimum absolute atomic E-state index is 0.196. The Kier molecular flexibility index (Phi) is 5.60. The van der Waals surface area contributed by atoms with Crippen LogP contribution in [-0.4, -0.2) is 29.0 Å². The lowest BCUT2D eigenvalue weighted by molar-refractivity contribution is 0.0954. The van der Waals surface area contributed by atoms with E-state index in [0.717, 1.165) is 16.1 Å². The van der Waals surface area contributed by atoms with E-state index in [0.29, 0.717) is 28.8 Å². The highest BCUT2D eigenvalue weighted by atomic mass is 35.5. The van der Waals surface area contributed by atoms with Crippen molar-refractivity contribution in [2.24, 2.45) is 5.73 Å². The number of pyridine rings is 1. The minimum Gasteiger partial charge on any atom is -0.351 e. The van der Waals surface area contributed by atoms with Crippen molar-refractivity contribution >= 4 is 39.7 Å². The van der Waals surface area contributed by atoms with E-state index >= 15 is 0 Å². The molecule has 25 heavy (non-hydrogen) atoms. The predicted octanol–water partition coefficient (Wildman–Crippen LogP) is 3.29. The summed E-state index contributed by atoms with van der Waals surface area (Å²) in [6.45, 7) is 0.820. The normalized spacial score (nSPS) is 10.5. The Morgan fingerprint density at radius 1 is 1.24 bits per heavy atom. The summed E-state index contributed by atoms with van der Waals surface area (Å²) in [5.41, 5.74) is 7.50. The van der Waals surface area contributed by atoms with Gasteiger partial charge in [0.1, 0.15) is 0 Å². The lowest BCUT2D eigenvalue weighted by Crippen LogP contribution is -2.29. The molecule has 0 unspecified atom stereocenters. The second-order valence-corrected chi connectivity index (χ2v) is 6.58. The summed E-state index contributed by atoms with van der Waals surface area (Å²) < 4.78 is 0. The third kappa shape index (κ3) is 4.33. The number of amides is 1. The number of hydrogen-bond acceptors (Lipinski definition) is 6. The van der Waals surface area contributed by atoms with Crippen LogP contribution in [0.3, 0.4) is 0 Å². The first-order valence-corrected chi connectivity index (χ1v) is 8.78. The van der Waals surface area contributed by atoms with Crippen molar-refractivity contribution in [3.63, 3.8) is 0 Å². The topological polar surface area (TPSA) is 92.9 Å². The standard InChI is InChI=1S/C17H16ClN5OS/c18-13-3-1-2-4-14(13)23-17-22-10-15(25-17)11-7-12(9-20-8-11)16(24)21-6-5-19/h1-4,7-10H,5-6,19H2,(H,21,24)(H,22,23). The van der Waals surface area contributed by atoms with Crippen molar-refractivity contribution in [2.45, 2.75) is 0 Å². The number of nitrogens with two attached hydrogens (primary N) is 1. The molecule has 2 aromatic heterocycles. The lowest BCUT2D eigenvalue weighted by atomic mass is 10.2. The van der Waals surface area contributed by atoms with Crippen LogP contribution in [0.15, 0.2) is 48.9 Å². The summed E-state index contributed by atoms with van der Waals surface area (Å²) in [5, 5.41) is 7.25. The molecule has 0 saturated carbocycles. The van der Waals surface area contributed by atoms with E-state index in [-0.39, 0.29) is 5.91 Å². The van der Waals surface area contributed by atoms with Gasteiger partial charge in [0.2, 0.25) is 0 Å². The van der Waals surface area contributed by atoms with Crippen molar-refractivity contribution in [3.8, 4) is 10.4 Å². The molecule has 0 aliphatic rings. The van der Waals surface area contributed by atoms with Gasteiger partial charge in [0, 0.05) is 37.2 Å². The molecule has 0 bridgehead atoms. The third-order valence-corrected chi connectivity index (χ3v) is 4.63. The Hall–Kier alpha value is -2.48. The lowest BCUT2D eigenvalue weighted by Gasteiger charge is -2.05. The average Bonchev–Trinajstić information content (AvgIpc) is 3.10. The van der Waals surface area contributed by atoms with Gasteiger partial charge >= 0.3 is 0 Å². The zero-order chi connectivity index (χ0) is 17.6. The first-order chi connectivity index (χ1) is 12.2. The maximum absolute atomic E-state index is 12.0. The summed E-state index contributed by atoms with van der Waals surface area (Å²) in [7, 11) is 0. The van der Waals surface area contributed by atoms with Crippen LogP contribution in [0.2, 0.25) is 5.02 Å². The number of nitrogens with zero attached hydrogens (tertiary/aromatic N) is 2. The molecular weight excluding hydrogens is 358 g/mol. The molecular formula is C17H16ClN5OS. The molecule has 0 fully saturated rings. The molecule has 1 amide bonds. The quantitative estimate of drug-likeness (QED) is 0.616. The zero-order valence-corrected chi connectivity index (χ0v) is 14.8. The van der Waals surface area contributed by atoms with Gasteiger partial charge in [-0.05, 0) is 18.2 Å². The van der Waals surface area contributed by atoms with E-state index in [2.05, 4.69) is 20.6 Å². The van der Waals surface area contributed by atoms with Crippen LogP contribution in [0, 0.1) is 0 Å². The number of thiazole rings is 1. The molecule has 3 rings (SSSR count). The minimum atomic E-state index is -0.196. The maximum atomic E-state index is 12.0. The number of para-hydroxylation sites is 1. The number of benzene rings is 1. The molecule has 0 spiro atoms. The Labute approximate surface area is 154 Å². The van der Waals surface area contributed by atoms with Gasteiger partial charge in [-0.2, -0.15) is 0 Å². The maximum Gasteiger partial charge on any atom is 0.252 e. The fourth-order valence-corrected chi connectivity index (χ4v) is 3.12. The van der Waals surface area contributed by atoms with Crippen molar-refractivity contribution in [1.82, 2.24) is 15.3 Å². The van der Waals surface area contributed by atoms with E-state index in [1.165, 1.54) is 17.5 Å². The number of rotatable bonds is 6. The number of hydrogen-bond donors (Lipinski definition) is 3. The largest absolute Gasteiger partial charge is 0.351 e. The van der Waals surface area contributed by atoms with E-state index < -0.39 is 0 Å². The Bertz CT molecular complexity index is 883. The summed E-state index contributed by atoms with van der Waals surface area (Å²) in [6.07, 6.45) is 4.97. The number of aromatic nitrogens is 2. The first kappa shape index (κ1) is 17.3. The van der Waals surface area contributed by atoms with Crippen LogP contribution in [0.4, 0.5) is 10.8 Å². The van der Waals surface area contributed by atoms with Gasteiger partial charge in [-0.1, -0.05) is 35.1 Å². The van der Waals surface area contributed by atoms with Crippen LogP contribution < -0.4 is 16.4 Å². The number of carbonyl (C=O) groups is 1. The van der Waals surface area contributed by atoms with Crippen molar-refractivity contribution in [2.75, 3.05) is 18.4 Å². The van der Waals surface area contributed by atoms with Crippen molar-refractivity contribution in [1.29, 1.82) is 0 Å². The number of halogens is 1. The van der Waals surface area contributed by atoms with Gasteiger partial charge in [-0.3, -0.25) is 9.78 Å². The van der Waals surface area contributed by atoms with Crippen LogP contribution >= 0.6 is 22.9 Å². The molecule has 3 aromatic rings. The Morgan fingerprint density at radius 3 is 2.88 bits per heavy atom. The highest BCUT2D eigenvalue weighted by Gasteiger charge is 2.10. The van der Waals surface area contributed by atoms with Gasteiger partial charge in [-0.15, -0.1) is 0 Å². The molecule has 128 valence electrons. The average molecular weight is 374 g/mol. The highest BCUT2D eigenvalue weighted by Crippen LogP contribution is 2.32. The second-order valence-electron chi connectivity index (χ2n) is 5.14. The molecule has 0 atom stereocenters. The third-order valence-electron chi connectivity index (χ3n) is 3.34. The monoisotopic (exact) mass is 373 g/mol. The van der Waals surface area contributed by atoms with Gasteiger partial charge < -0.3 is 16.4 Å². The number of anilines is 2. The summed E-state index contributed by atoms with van der Waals surface area (Å²) in [4.78, 5) is 21.4. The van der Waals surface area contributed by atoms with Crippen molar-refractivity contribution in [3.05, 3.63) is 59.5 Å². The van der Waals surface area contributed by atoms with E-state index in [4.69, 9.17) is 17.3 Å². The molecule has 4 N–H and O–H groups in total. The van der Waals surface area contributed by atoms with Crippen LogP contribution in [0.5, 0.6) is 0 Å². The van der Waals surface area contributed by atoms with Gasteiger partial charge in [-0.25, -0.2) is 4.98 Å². The smallest absolute Gasteiger partial charge is 0.252 e. The summed E-state index contributed by atoms with van der Waals surface area (Å²) in [6, 6.07) is 9.24. The molecule has 2 heterocycles. The van der Waals surface area contributed by atoms with Gasteiger partial charge in [0.15, 0.2) is 5.13 Å². The van der Waals surface area contributed by atoms with E-state index in [9.17, 15) is 4.79 Å². The van der Waals surface area contributed by atoms with E-state index in [1.54, 1.807) is 18.5 Å². The molecule has 1 aromatic carbocycles. The molecule has 6 nitrogen and oxygen atoms in total. The Balaban J connectivity index is 1.78. The summed E-state index contributed by atoms with van der Waals surface area (Å²) >= 11 is 7.60. The molecule has 8 heteroatoms. The number of nitrogens with one attached hydrogen (secondary N) is 2. The first-order valence-electron chi connectivity index (χ1n) is 7.58. The van der Waals surface area contributed by atoms with Gasteiger partial charge in [0.25, 0.3) is 5.91 Å². The fraction of sp³-hybridized carbons (Fsp3) is 0.118. The van der Waals surface area contributed by atoms with Crippen LogP contribution in [0.25, 0.3) is 10.4 Å². The molecule has 0 radical (unpaired) electrons.